The molecule has 2 heterocycles. The molecule has 2 amide bonds. The first-order valence-electron chi connectivity index (χ1n) is 10.1. The van der Waals surface area contributed by atoms with E-state index in [4.69, 9.17) is 4.74 Å². The minimum absolute atomic E-state index is 0.00130. The van der Waals surface area contributed by atoms with Crippen molar-refractivity contribution >= 4 is 29.3 Å². The molecule has 0 aromatic heterocycles. The molecule has 5 nitrogen and oxygen atoms in total. The lowest BCUT2D eigenvalue weighted by Crippen LogP contribution is -2.38. The van der Waals surface area contributed by atoms with Crippen molar-refractivity contribution in [2.75, 3.05) is 30.9 Å². The smallest absolute Gasteiger partial charge is 0.254 e. The topological polar surface area (TPSA) is 49.9 Å². The molecule has 0 bridgehead atoms. The molecule has 0 N–H and O–H groups in total. The molecule has 2 aromatic carbocycles. The number of aryl methyl sites for hydroxylation is 1. The highest BCUT2D eigenvalue weighted by atomic mass is 32.2. The van der Waals surface area contributed by atoms with Crippen LogP contribution in [-0.4, -0.2) is 48.8 Å². The molecule has 2 aliphatic heterocycles. The number of thioether (sulfide) groups is 1. The average Bonchev–Trinajstić information content (AvgIpc) is 3.35. The summed E-state index contributed by atoms with van der Waals surface area (Å²) in [6, 6.07) is 11.9. The Labute approximate surface area is 180 Å². The zero-order valence-electron chi connectivity index (χ0n) is 17.1. The number of carbonyl (C=O) groups excluding carboxylic acids is 2. The van der Waals surface area contributed by atoms with Gasteiger partial charge in [0.15, 0.2) is 0 Å². The molecule has 2 aromatic rings. The third kappa shape index (κ3) is 3.96. The Hall–Kier alpha value is -2.38. The molecule has 4 rings (SSSR count). The van der Waals surface area contributed by atoms with Crippen molar-refractivity contribution in [3.8, 4) is 0 Å². The summed E-state index contributed by atoms with van der Waals surface area (Å²) in [5.41, 5.74) is 3.15. The Bertz CT molecular complexity index is 950. The fourth-order valence-electron chi connectivity index (χ4n) is 4.25. The van der Waals surface area contributed by atoms with E-state index < -0.39 is 0 Å². The van der Waals surface area contributed by atoms with Gasteiger partial charge in [-0.25, -0.2) is 4.39 Å². The van der Waals surface area contributed by atoms with Crippen LogP contribution in [0.25, 0.3) is 0 Å². The van der Waals surface area contributed by atoms with E-state index in [1.54, 1.807) is 30.2 Å². The summed E-state index contributed by atoms with van der Waals surface area (Å²) >= 11 is 1.52. The van der Waals surface area contributed by atoms with Crippen LogP contribution in [-0.2, 0) is 9.53 Å². The van der Waals surface area contributed by atoms with Crippen LogP contribution in [0.1, 0.15) is 39.7 Å². The zero-order chi connectivity index (χ0) is 21.3. The van der Waals surface area contributed by atoms with Gasteiger partial charge in [-0.05, 0) is 61.2 Å². The van der Waals surface area contributed by atoms with E-state index in [2.05, 4.69) is 0 Å². The fraction of sp³-hybridized carbons (Fsp3) is 0.391. The van der Waals surface area contributed by atoms with E-state index in [0.29, 0.717) is 17.9 Å². The highest BCUT2D eigenvalue weighted by Gasteiger charge is 2.35. The molecule has 2 saturated heterocycles. The van der Waals surface area contributed by atoms with Gasteiger partial charge in [0, 0.05) is 24.9 Å². The number of methoxy groups -OCH3 is 1. The molecule has 2 aliphatic rings. The molecule has 2 fully saturated rings. The van der Waals surface area contributed by atoms with Gasteiger partial charge in [0.1, 0.15) is 11.2 Å². The van der Waals surface area contributed by atoms with Crippen molar-refractivity contribution in [3.63, 3.8) is 0 Å². The number of ether oxygens (including phenoxy) is 1. The first-order chi connectivity index (χ1) is 14.5. The number of amides is 2. The first-order valence-corrected chi connectivity index (χ1v) is 11.1. The van der Waals surface area contributed by atoms with Crippen LogP contribution in [0.5, 0.6) is 0 Å². The number of rotatable bonds is 5. The van der Waals surface area contributed by atoms with E-state index in [9.17, 15) is 14.0 Å². The highest BCUT2D eigenvalue weighted by molar-refractivity contribution is 8.00. The fourth-order valence-corrected chi connectivity index (χ4v) is 5.42. The predicted octanol–water partition coefficient (Wildman–Crippen LogP) is 4.16. The Kier molecular flexibility index (Phi) is 6.11. The average molecular weight is 429 g/mol. The number of benzene rings is 2. The molecule has 30 heavy (non-hydrogen) atoms. The summed E-state index contributed by atoms with van der Waals surface area (Å²) in [7, 11) is 1.66. The maximum Gasteiger partial charge on any atom is 0.254 e. The number of nitrogens with zero attached hydrogens (tertiary/aromatic N) is 2. The Balaban J connectivity index is 1.60. The van der Waals surface area contributed by atoms with Crippen molar-refractivity contribution in [2.45, 2.75) is 31.2 Å². The van der Waals surface area contributed by atoms with E-state index in [1.165, 1.54) is 23.9 Å². The van der Waals surface area contributed by atoms with Gasteiger partial charge < -0.3 is 9.64 Å². The quantitative estimate of drug-likeness (QED) is 0.718. The van der Waals surface area contributed by atoms with Gasteiger partial charge in [-0.3, -0.25) is 14.5 Å². The van der Waals surface area contributed by atoms with Gasteiger partial charge in [-0.2, -0.15) is 0 Å². The number of hydrogen-bond acceptors (Lipinski definition) is 4. The summed E-state index contributed by atoms with van der Waals surface area (Å²) in [6.45, 7) is 3.20. The van der Waals surface area contributed by atoms with Crippen molar-refractivity contribution in [2.24, 2.45) is 0 Å². The molecule has 0 saturated carbocycles. The standard InChI is InChI=1S/C23H25FN2O3S/c1-15-12-17(22(28)25-11-3-4-19(25)13-29-2)7-10-20(15)26-21(27)14-30-23(26)16-5-8-18(24)9-6-16/h5-10,12,19,23H,3-4,11,13-14H2,1-2H3/t19-,23?/m0/s1. The number of hydrogen-bond donors (Lipinski definition) is 0. The molecule has 0 aliphatic carbocycles. The summed E-state index contributed by atoms with van der Waals surface area (Å²) in [6.07, 6.45) is 1.94. The van der Waals surface area contributed by atoms with Gasteiger partial charge in [-0.15, -0.1) is 11.8 Å². The lowest BCUT2D eigenvalue weighted by molar-refractivity contribution is -0.115. The third-order valence-corrected chi connectivity index (χ3v) is 6.94. The lowest BCUT2D eigenvalue weighted by atomic mass is 10.1. The second-order valence-electron chi connectivity index (χ2n) is 7.73. The predicted molar refractivity (Wildman–Crippen MR) is 116 cm³/mol. The van der Waals surface area contributed by atoms with Crippen LogP contribution in [0.15, 0.2) is 42.5 Å². The van der Waals surface area contributed by atoms with Gasteiger partial charge in [-0.1, -0.05) is 12.1 Å². The van der Waals surface area contributed by atoms with Crippen molar-refractivity contribution in [3.05, 3.63) is 65.0 Å². The van der Waals surface area contributed by atoms with Crippen LogP contribution in [0, 0.1) is 12.7 Å². The lowest BCUT2D eigenvalue weighted by Gasteiger charge is -2.27. The highest BCUT2D eigenvalue weighted by Crippen LogP contribution is 2.43. The Morgan fingerprint density at radius 2 is 2.00 bits per heavy atom. The van der Waals surface area contributed by atoms with Crippen molar-refractivity contribution < 1.29 is 18.7 Å². The van der Waals surface area contributed by atoms with Crippen molar-refractivity contribution in [1.29, 1.82) is 0 Å². The molecule has 2 atom stereocenters. The van der Waals surface area contributed by atoms with Gasteiger partial charge in [0.25, 0.3) is 5.91 Å². The maximum atomic E-state index is 13.3. The number of halogens is 1. The van der Waals surface area contributed by atoms with Crippen molar-refractivity contribution in [1.82, 2.24) is 4.90 Å². The molecule has 7 heteroatoms. The van der Waals surface area contributed by atoms with Crippen LogP contribution in [0.4, 0.5) is 10.1 Å². The Morgan fingerprint density at radius 3 is 2.70 bits per heavy atom. The second-order valence-corrected chi connectivity index (χ2v) is 8.80. The first kappa shape index (κ1) is 20.9. The number of carbonyl (C=O) groups is 2. The molecule has 0 radical (unpaired) electrons. The van der Waals surface area contributed by atoms with Crippen LogP contribution < -0.4 is 4.90 Å². The number of likely N-dealkylation sites (tertiary alicyclic amines) is 1. The van der Waals surface area contributed by atoms with E-state index in [-0.39, 0.29) is 29.0 Å². The third-order valence-electron chi connectivity index (χ3n) is 5.72. The zero-order valence-corrected chi connectivity index (χ0v) is 18.0. The summed E-state index contributed by atoms with van der Waals surface area (Å²) in [5.74, 6) is 0.0826. The maximum absolute atomic E-state index is 13.3. The van der Waals surface area contributed by atoms with Gasteiger partial charge in [0.2, 0.25) is 5.91 Å². The molecule has 1 unspecified atom stereocenters. The molecular formula is C23H25FN2O3S. The van der Waals surface area contributed by atoms with Gasteiger partial charge in [0.05, 0.1) is 18.4 Å². The van der Waals surface area contributed by atoms with Crippen LogP contribution in [0.3, 0.4) is 0 Å². The molecule has 0 spiro atoms. The minimum Gasteiger partial charge on any atom is -0.383 e. The SMILES string of the molecule is COC[C@@H]1CCCN1C(=O)c1ccc(N2C(=O)CSC2c2ccc(F)cc2)c(C)c1. The largest absolute Gasteiger partial charge is 0.383 e. The Morgan fingerprint density at radius 1 is 1.23 bits per heavy atom. The molecular weight excluding hydrogens is 403 g/mol. The van der Waals surface area contributed by atoms with E-state index in [1.807, 2.05) is 24.0 Å². The second kappa shape index (κ2) is 8.78. The van der Waals surface area contributed by atoms with E-state index >= 15 is 0 Å². The van der Waals surface area contributed by atoms with E-state index in [0.717, 1.165) is 36.2 Å². The monoisotopic (exact) mass is 428 g/mol. The summed E-state index contributed by atoms with van der Waals surface area (Å²) in [4.78, 5) is 29.4. The van der Waals surface area contributed by atoms with Gasteiger partial charge >= 0.3 is 0 Å². The van der Waals surface area contributed by atoms with Crippen LogP contribution >= 0.6 is 11.8 Å². The summed E-state index contributed by atoms with van der Waals surface area (Å²) in [5, 5.41) is -0.206. The summed E-state index contributed by atoms with van der Waals surface area (Å²) < 4.78 is 18.6. The molecule has 158 valence electrons. The normalized spacial score (nSPS) is 21.5. The minimum atomic E-state index is -0.299. The van der Waals surface area contributed by atoms with Crippen LogP contribution in [0.2, 0.25) is 0 Å². The number of anilines is 1.